The van der Waals surface area contributed by atoms with Crippen molar-refractivity contribution in [2.24, 2.45) is 0 Å². The lowest BCUT2D eigenvalue weighted by Gasteiger charge is -2.20. The fourth-order valence-electron chi connectivity index (χ4n) is 2.60. The lowest BCUT2D eigenvalue weighted by molar-refractivity contribution is -0.862. The normalized spacial score (nSPS) is 11.6. The Morgan fingerprint density at radius 1 is 1.15 bits per heavy atom. The summed E-state index contributed by atoms with van der Waals surface area (Å²) >= 11 is 5.83. The van der Waals surface area contributed by atoms with E-state index in [9.17, 15) is 9.59 Å². The highest BCUT2D eigenvalue weighted by molar-refractivity contribution is 6.30. The lowest BCUT2D eigenvalue weighted by atomic mass is 10.2. The number of hydrogen-bond acceptors (Lipinski definition) is 3. The van der Waals surface area contributed by atoms with E-state index in [1.807, 2.05) is 31.3 Å². The maximum absolute atomic E-state index is 12.4. The van der Waals surface area contributed by atoms with E-state index >= 15 is 0 Å². The molecule has 0 heterocycles. The molecule has 27 heavy (non-hydrogen) atoms. The molecule has 0 bridgehead atoms. The summed E-state index contributed by atoms with van der Waals surface area (Å²) in [6.07, 6.45) is 0. The van der Waals surface area contributed by atoms with E-state index in [0.717, 1.165) is 16.2 Å². The minimum absolute atomic E-state index is 0.0328. The smallest absolute Gasteiger partial charge is 0.279 e. The second-order valence-electron chi connectivity index (χ2n) is 6.47. The lowest BCUT2D eigenvalue weighted by Crippen LogP contribution is -3.11. The molecule has 0 aromatic heterocycles. The van der Waals surface area contributed by atoms with Crippen LogP contribution in [-0.4, -0.2) is 51.0 Å². The summed E-state index contributed by atoms with van der Waals surface area (Å²) in [5, 5.41) is 3.41. The van der Waals surface area contributed by atoms with Gasteiger partial charge in [-0.05, 0) is 42.0 Å². The molecular formula is C20H25ClN3O3+. The van der Waals surface area contributed by atoms with Crippen LogP contribution in [0.3, 0.4) is 0 Å². The number of methoxy groups -OCH3 is 1. The number of rotatable bonds is 8. The summed E-state index contributed by atoms with van der Waals surface area (Å²) in [6.45, 7) is 0.913. The van der Waals surface area contributed by atoms with Crippen LogP contribution >= 0.6 is 11.6 Å². The van der Waals surface area contributed by atoms with E-state index in [4.69, 9.17) is 16.3 Å². The standard InChI is InChI=1S/C20H24ClN3O3/c1-23(13-19(25)22-17-9-7-16(21)8-10-17)14-20(26)24(2)12-15-5-4-6-18(11-15)27-3/h4-11H,12-14H2,1-3H3,(H,22,25)/p+1. The van der Waals surface area contributed by atoms with E-state index < -0.39 is 0 Å². The van der Waals surface area contributed by atoms with Gasteiger partial charge in [-0.15, -0.1) is 0 Å². The van der Waals surface area contributed by atoms with E-state index in [0.29, 0.717) is 17.3 Å². The number of quaternary nitrogens is 1. The highest BCUT2D eigenvalue weighted by Crippen LogP contribution is 2.14. The molecule has 6 nitrogen and oxygen atoms in total. The van der Waals surface area contributed by atoms with Crippen molar-refractivity contribution < 1.29 is 19.2 Å². The van der Waals surface area contributed by atoms with Crippen LogP contribution in [0.2, 0.25) is 5.02 Å². The summed E-state index contributed by atoms with van der Waals surface area (Å²) in [5.74, 6) is 0.572. The number of anilines is 1. The Morgan fingerprint density at radius 3 is 2.52 bits per heavy atom. The van der Waals surface area contributed by atoms with Crippen molar-refractivity contribution in [1.82, 2.24) is 4.90 Å². The Kier molecular flexibility index (Phi) is 7.64. The molecule has 2 N–H and O–H groups in total. The second-order valence-corrected chi connectivity index (χ2v) is 6.90. The van der Waals surface area contributed by atoms with Gasteiger partial charge in [0.05, 0.1) is 14.2 Å². The van der Waals surface area contributed by atoms with Gasteiger partial charge >= 0.3 is 0 Å². The number of benzene rings is 2. The zero-order chi connectivity index (χ0) is 19.8. The topological polar surface area (TPSA) is 63.1 Å². The zero-order valence-electron chi connectivity index (χ0n) is 15.8. The minimum atomic E-state index is -0.155. The molecule has 2 aromatic carbocycles. The number of ether oxygens (including phenoxy) is 1. The number of nitrogens with one attached hydrogen (secondary N) is 2. The monoisotopic (exact) mass is 390 g/mol. The van der Waals surface area contributed by atoms with Crippen LogP contribution in [0, 0.1) is 0 Å². The van der Waals surface area contributed by atoms with Crippen molar-refractivity contribution in [3.63, 3.8) is 0 Å². The number of hydrogen-bond donors (Lipinski definition) is 2. The summed E-state index contributed by atoms with van der Waals surface area (Å²) in [7, 11) is 5.18. The van der Waals surface area contributed by atoms with Crippen molar-refractivity contribution in [3.8, 4) is 5.75 Å². The molecule has 0 radical (unpaired) electrons. The molecule has 1 unspecified atom stereocenters. The van der Waals surface area contributed by atoms with Gasteiger partial charge in [0.25, 0.3) is 11.8 Å². The first-order valence-corrected chi connectivity index (χ1v) is 8.99. The summed E-state index contributed by atoms with van der Waals surface area (Å²) in [5.41, 5.74) is 1.67. The van der Waals surface area contributed by atoms with Gasteiger partial charge in [-0.3, -0.25) is 9.59 Å². The van der Waals surface area contributed by atoms with Gasteiger partial charge in [0.2, 0.25) is 0 Å². The molecule has 2 rings (SSSR count). The number of amides is 2. The number of carbonyl (C=O) groups excluding carboxylic acids is 2. The predicted octanol–water partition coefficient (Wildman–Crippen LogP) is 1.46. The van der Waals surface area contributed by atoms with Gasteiger partial charge in [0, 0.05) is 24.3 Å². The van der Waals surface area contributed by atoms with Crippen molar-refractivity contribution >= 4 is 29.1 Å². The van der Waals surface area contributed by atoms with Crippen molar-refractivity contribution in [1.29, 1.82) is 0 Å². The average molecular weight is 391 g/mol. The molecule has 1 atom stereocenters. The number of likely N-dealkylation sites (N-methyl/N-ethyl adjacent to an activating group) is 2. The van der Waals surface area contributed by atoms with Crippen LogP contribution in [0.5, 0.6) is 5.75 Å². The van der Waals surface area contributed by atoms with Crippen molar-refractivity contribution in [2.75, 3.05) is 39.6 Å². The fourth-order valence-corrected chi connectivity index (χ4v) is 2.73. The number of nitrogens with zero attached hydrogens (tertiary/aromatic N) is 1. The highest BCUT2D eigenvalue weighted by Gasteiger charge is 2.17. The van der Waals surface area contributed by atoms with E-state index in [1.165, 1.54) is 0 Å². The van der Waals surface area contributed by atoms with Gasteiger partial charge in [0.15, 0.2) is 13.1 Å². The van der Waals surface area contributed by atoms with Gasteiger partial charge < -0.3 is 19.9 Å². The van der Waals surface area contributed by atoms with Crippen molar-refractivity contribution in [2.45, 2.75) is 6.54 Å². The first kappa shape index (κ1) is 20.7. The van der Waals surface area contributed by atoms with Crippen LogP contribution in [0.4, 0.5) is 5.69 Å². The quantitative estimate of drug-likeness (QED) is 0.717. The fraction of sp³-hybridized carbons (Fsp3) is 0.300. The third kappa shape index (κ3) is 6.92. The Morgan fingerprint density at radius 2 is 1.85 bits per heavy atom. The molecular weight excluding hydrogens is 366 g/mol. The van der Waals surface area contributed by atoms with Crippen LogP contribution in [0.1, 0.15) is 5.56 Å². The maximum Gasteiger partial charge on any atom is 0.279 e. The summed E-state index contributed by atoms with van der Waals surface area (Å²) < 4.78 is 5.20. The Bertz CT molecular complexity index is 780. The molecule has 0 aliphatic rings. The molecule has 2 aromatic rings. The van der Waals surface area contributed by atoms with Crippen LogP contribution in [0.15, 0.2) is 48.5 Å². The largest absolute Gasteiger partial charge is 0.497 e. The first-order chi connectivity index (χ1) is 12.9. The Labute approximate surface area is 164 Å². The van der Waals surface area contributed by atoms with Crippen molar-refractivity contribution in [3.05, 3.63) is 59.1 Å². The maximum atomic E-state index is 12.4. The molecule has 0 aliphatic heterocycles. The summed E-state index contributed by atoms with van der Waals surface area (Å²) in [4.78, 5) is 27.0. The molecule has 0 saturated carbocycles. The SMILES string of the molecule is COc1cccc(CN(C)C(=O)C[NH+](C)CC(=O)Nc2ccc(Cl)cc2)c1. The van der Waals surface area contributed by atoms with Gasteiger partial charge in [0.1, 0.15) is 5.75 Å². The molecule has 0 saturated heterocycles. The van der Waals surface area contributed by atoms with Crippen LogP contribution in [0.25, 0.3) is 0 Å². The van der Waals surface area contributed by atoms with Gasteiger partial charge in [-0.1, -0.05) is 23.7 Å². The molecule has 0 spiro atoms. The first-order valence-electron chi connectivity index (χ1n) is 8.61. The third-order valence-electron chi connectivity index (χ3n) is 4.02. The second kappa shape index (κ2) is 9.94. The van der Waals surface area contributed by atoms with Crippen LogP contribution < -0.4 is 15.0 Å². The average Bonchev–Trinajstić information content (AvgIpc) is 2.63. The summed E-state index contributed by atoms with van der Waals surface area (Å²) in [6, 6.07) is 14.5. The van der Waals surface area contributed by atoms with E-state index in [1.54, 1.807) is 43.3 Å². The molecule has 0 aliphatic carbocycles. The number of carbonyl (C=O) groups is 2. The third-order valence-corrected chi connectivity index (χ3v) is 4.27. The molecule has 7 heteroatoms. The van der Waals surface area contributed by atoms with Gasteiger partial charge in [-0.2, -0.15) is 0 Å². The minimum Gasteiger partial charge on any atom is -0.497 e. The molecule has 2 amide bonds. The molecule has 0 fully saturated rings. The Hall–Kier alpha value is -2.57. The zero-order valence-corrected chi connectivity index (χ0v) is 16.5. The van der Waals surface area contributed by atoms with E-state index in [2.05, 4.69) is 5.32 Å². The Balaban J connectivity index is 1.81. The number of halogens is 1. The van der Waals surface area contributed by atoms with Crippen LogP contribution in [-0.2, 0) is 16.1 Å². The van der Waals surface area contributed by atoms with Gasteiger partial charge in [-0.25, -0.2) is 0 Å². The van der Waals surface area contributed by atoms with E-state index in [-0.39, 0.29) is 24.9 Å². The molecule has 144 valence electrons. The highest BCUT2D eigenvalue weighted by atomic mass is 35.5. The predicted molar refractivity (Wildman–Crippen MR) is 106 cm³/mol.